The summed E-state index contributed by atoms with van der Waals surface area (Å²) >= 11 is 2.69. The Kier molecular flexibility index (Phi) is 3.66. The van der Waals surface area contributed by atoms with E-state index in [0.29, 0.717) is 0 Å². The van der Waals surface area contributed by atoms with Crippen molar-refractivity contribution in [3.05, 3.63) is 16.5 Å². The first-order valence-electron chi connectivity index (χ1n) is 3.86. The van der Waals surface area contributed by atoms with Gasteiger partial charge in [0.15, 0.2) is 11.5 Å². The van der Waals surface area contributed by atoms with Crippen molar-refractivity contribution in [1.82, 2.24) is 9.97 Å². The summed E-state index contributed by atoms with van der Waals surface area (Å²) in [6.07, 6.45) is -4.34. The minimum Gasteiger partial charge on any atom is -0.476 e. The summed E-state index contributed by atoms with van der Waals surface area (Å²) in [5, 5.41) is 9.96. The van der Waals surface area contributed by atoms with Crippen molar-refractivity contribution in [2.24, 2.45) is 0 Å². The molecule has 0 saturated carbocycles. The number of rotatable bonds is 2. The molecule has 1 aromatic rings. The molecule has 1 amide bonds. The third-order valence-corrected chi connectivity index (χ3v) is 1.99. The highest BCUT2D eigenvalue weighted by Gasteiger charge is 2.39. The van der Waals surface area contributed by atoms with E-state index in [1.165, 1.54) is 5.32 Å². The van der Waals surface area contributed by atoms with Crippen LogP contribution in [0.3, 0.4) is 0 Å². The molecule has 6 nitrogen and oxygen atoms in total. The molecule has 0 spiro atoms. The fourth-order valence-electron chi connectivity index (χ4n) is 0.732. The first kappa shape index (κ1) is 13.4. The van der Waals surface area contributed by atoms with Crippen LogP contribution >= 0.6 is 15.9 Å². The molecular formula is C7H3BrF3N3O3. The van der Waals surface area contributed by atoms with Crippen LogP contribution in [0.1, 0.15) is 10.5 Å². The summed E-state index contributed by atoms with van der Waals surface area (Å²) < 4.78 is 35.4. The lowest BCUT2D eigenvalue weighted by molar-refractivity contribution is -0.167. The van der Waals surface area contributed by atoms with Crippen molar-refractivity contribution in [3.63, 3.8) is 0 Å². The van der Waals surface area contributed by atoms with E-state index in [2.05, 4.69) is 25.9 Å². The molecule has 2 N–H and O–H groups in total. The Morgan fingerprint density at radius 2 is 2.00 bits per heavy atom. The zero-order valence-corrected chi connectivity index (χ0v) is 9.33. The summed E-state index contributed by atoms with van der Waals surface area (Å²) in [5.74, 6) is -4.14. The van der Waals surface area contributed by atoms with Crippen LogP contribution in [0.15, 0.2) is 10.8 Å². The topological polar surface area (TPSA) is 92.2 Å². The number of anilines is 1. The largest absolute Gasteiger partial charge is 0.476 e. The number of carboxylic acid groups (broad SMARTS) is 1. The number of hydrogen-bond acceptors (Lipinski definition) is 4. The van der Waals surface area contributed by atoms with Crippen molar-refractivity contribution >= 4 is 33.6 Å². The van der Waals surface area contributed by atoms with Crippen LogP contribution in [-0.4, -0.2) is 33.1 Å². The third-order valence-electron chi connectivity index (χ3n) is 1.44. The van der Waals surface area contributed by atoms with E-state index in [1.54, 1.807) is 0 Å². The number of halogens is 4. The SMILES string of the molecule is O=C(O)c1cnc(NC(=O)C(F)(F)F)c(Br)n1. The van der Waals surface area contributed by atoms with Crippen molar-refractivity contribution in [2.45, 2.75) is 6.18 Å². The van der Waals surface area contributed by atoms with Gasteiger partial charge < -0.3 is 10.4 Å². The molecule has 1 heterocycles. The van der Waals surface area contributed by atoms with Gasteiger partial charge in [0.25, 0.3) is 0 Å². The fraction of sp³-hybridized carbons (Fsp3) is 0.143. The lowest BCUT2D eigenvalue weighted by atomic mass is 10.4. The number of aromatic carboxylic acids is 1. The van der Waals surface area contributed by atoms with Crippen molar-refractivity contribution < 1.29 is 27.9 Å². The van der Waals surface area contributed by atoms with Crippen LogP contribution < -0.4 is 5.32 Å². The second kappa shape index (κ2) is 4.65. The van der Waals surface area contributed by atoms with Gasteiger partial charge in [-0.1, -0.05) is 0 Å². The smallest absolute Gasteiger partial charge is 0.471 e. The Morgan fingerprint density at radius 1 is 1.41 bits per heavy atom. The van der Waals surface area contributed by atoms with Gasteiger partial charge in [0.05, 0.1) is 6.20 Å². The van der Waals surface area contributed by atoms with Gasteiger partial charge >= 0.3 is 18.1 Å². The van der Waals surface area contributed by atoms with Gasteiger partial charge in [0.2, 0.25) is 0 Å². The summed E-state index contributed by atoms with van der Waals surface area (Å²) in [5.41, 5.74) is -0.470. The van der Waals surface area contributed by atoms with Crippen LogP contribution in [0.5, 0.6) is 0 Å². The average molecular weight is 314 g/mol. The molecule has 0 aliphatic rings. The molecule has 17 heavy (non-hydrogen) atoms. The Bertz CT molecular complexity index is 477. The quantitative estimate of drug-likeness (QED) is 0.862. The Morgan fingerprint density at radius 3 is 2.41 bits per heavy atom. The molecule has 92 valence electrons. The predicted molar refractivity (Wildman–Crippen MR) is 51.4 cm³/mol. The van der Waals surface area contributed by atoms with Gasteiger partial charge in [-0.05, 0) is 15.9 Å². The van der Waals surface area contributed by atoms with Gasteiger partial charge in [-0.3, -0.25) is 4.79 Å². The maximum atomic E-state index is 11.9. The van der Waals surface area contributed by atoms with Crippen LogP contribution in [0.25, 0.3) is 0 Å². The molecule has 1 rings (SSSR count). The standard InChI is InChI=1S/C7H3BrF3N3O3/c8-3-4(14-6(17)7(9,10)11)12-1-2(13-3)5(15)16/h1H,(H,15,16)(H,12,14,17). The van der Waals surface area contributed by atoms with E-state index in [9.17, 15) is 22.8 Å². The summed E-state index contributed by atoms with van der Waals surface area (Å²) in [6, 6.07) is 0. The molecule has 0 saturated heterocycles. The van der Waals surface area contributed by atoms with Gasteiger partial charge in [0.1, 0.15) is 4.60 Å². The maximum absolute atomic E-state index is 11.9. The van der Waals surface area contributed by atoms with E-state index < -0.39 is 29.6 Å². The first-order chi connectivity index (χ1) is 7.71. The van der Waals surface area contributed by atoms with E-state index in [1.807, 2.05) is 0 Å². The lowest BCUT2D eigenvalue weighted by Crippen LogP contribution is -2.30. The number of hydrogen-bond donors (Lipinski definition) is 2. The predicted octanol–water partition coefficient (Wildman–Crippen LogP) is 1.44. The lowest BCUT2D eigenvalue weighted by Gasteiger charge is -2.08. The Labute approximate surface area is 100.0 Å². The molecule has 0 atom stereocenters. The van der Waals surface area contributed by atoms with Crippen molar-refractivity contribution in [3.8, 4) is 0 Å². The highest BCUT2D eigenvalue weighted by molar-refractivity contribution is 9.10. The zero-order valence-electron chi connectivity index (χ0n) is 7.75. The fourth-order valence-corrected chi connectivity index (χ4v) is 1.12. The number of carbonyl (C=O) groups is 2. The summed E-state index contributed by atoms with van der Waals surface area (Å²) in [6.45, 7) is 0. The number of alkyl halides is 3. The van der Waals surface area contributed by atoms with Gasteiger partial charge in [-0.25, -0.2) is 14.8 Å². The van der Waals surface area contributed by atoms with Gasteiger partial charge in [-0.2, -0.15) is 13.2 Å². The number of nitrogens with zero attached hydrogens (tertiary/aromatic N) is 2. The Hall–Kier alpha value is -1.71. The zero-order chi connectivity index (χ0) is 13.2. The third kappa shape index (κ3) is 3.37. The summed E-state index contributed by atoms with van der Waals surface area (Å²) in [4.78, 5) is 27.7. The van der Waals surface area contributed by atoms with Crippen LogP contribution in [-0.2, 0) is 4.79 Å². The number of amides is 1. The first-order valence-corrected chi connectivity index (χ1v) is 4.65. The highest BCUT2D eigenvalue weighted by atomic mass is 79.9. The van der Waals surface area contributed by atoms with Crippen molar-refractivity contribution in [1.29, 1.82) is 0 Å². The maximum Gasteiger partial charge on any atom is 0.471 e. The molecule has 0 fully saturated rings. The van der Waals surface area contributed by atoms with E-state index in [4.69, 9.17) is 5.11 Å². The molecule has 0 radical (unpaired) electrons. The van der Waals surface area contributed by atoms with Crippen molar-refractivity contribution in [2.75, 3.05) is 5.32 Å². The Balaban J connectivity index is 2.95. The highest BCUT2D eigenvalue weighted by Crippen LogP contribution is 2.21. The average Bonchev–Trinajstić information content (AvgIpc) is 2.19. The van der Waals surface area contributed by atoms with Crippen LogP contribution in [0.2, 0.25) is 0 Å². The molecule has 1 aromatic heterocycles. The monoisotopic (exact) mass is 313 g/mol. The number of aromatic nitrogens is 2. The van der Waals surface area contributed by atoms with Crippen LogP contribution in [0, 0.1) is 0 Å². The minimum absolute atomic E-state index is 0.310. The minimum atomic E-state index is -5.06. The number of carboxylic acids is 1. The van der Waals surface area contributed by atoms with Crippen LogP contribution in [0.4, 0.5) is 19.0 Å². The molecule has 0 bridgehead atoms. The molecule has 0 aromatic carbocycles. The molecule has 0 unspecified atom stereocenters. The van der Waals surface area contributed by atoms with E-state index in [-0.39, 0.29) is 4.60 Å². The molecule has 0 aliphatic carbocycles. The van der Waals surface area contributed by atoms with E-state index >= 15 is 0 Å². The normalized spacial score (nSPS) is 11.1. The summed E-state index contributed by atoms with van der Waals surface area (Å²) in [7, 11) is 0. The number of carbonyl (C=O) groups excluding carboxylic acids is 1. The second-order valence-electron chi connectivity index (χ2n) is 2.65. The number of nitrogens with one attached hydrogen (secondary N) is 1. The van der Waals surface area contributed by atoms with Gasteiger partial charge in [-0.15, -0.1) is 0 Å². The molecular weight excluding hydrogens is 311 g/mol. The molecule has 0 aliphatic heterocycles. The van der Waals surface area contributed by atoms with E-state index in [0.717, 1.165) is 6.20 Å². The molecule has 10 heteroatoms. The van der Waals surface area contributed by atoms with Gasteiger partial charge in [0, 0.05) is 0 Å². The second-order valence-corrected chi connectivity index (χ2v) is 3.40.